The van der Waals surface area contributed by atoms with Gasteiger partial charge in [0.15, 0.2) is 0 Å². The number of carbonyl (C=O) groups excluding carboxylic acids is 1. The Morgan fingerprint density at radius 3 is 1.12 bits per heavy atom. The van der Waals surface area contributed by atoms with E-state index >= 15 is 0 Å². The minimum absolute atomic E-state index is 0.137. The van der Waals surface area contributed by atoms with Gasteiger partial charge in [0, 0.05) is 6.42 Å². The lowest BCUT2D eigenvalue weighted by atomic mass is 10.1. The summed E-state index contributed by atoms with van der Waals surface area (Å²) in [5, 5.41) is 0. The fourth-order valence-electron chi connectivity index (χ4n) is 5.02. The van der Waals surface area contributed by atoms with Crippen LogP contribution in [0.25, 0.3) is 0 Å². The summed E-state index contributed by atoms with van der Waals surface area (Å²) in [6, 6.07) is 3.67. The zero-order chi connectivity index (χ0) is 24.5. The highest BCUT2D eigenvalue weighted by Crippen LogP contribution is 2.32. The van der Waals surface area contributed by atoms with Crippen molar-refractivity contribution in [2.45, 2.75) is 187 Å². The van der Waals surface area contributed by atoms with Crippen LogP contribution >= 0.6 is 0 Å². The van der Waals surface area contributed by atoms with Crippen LogP contribution in [0.3, 0.4) is 0 Å². The predicted molar refractivity (Wildman–Crippen MR) is 151 cm³/mol. The van der Waals surface area contributed by atoms with Gasteiger partial charge >= 0.3 is 0 Å². The number of rotatable bonds is 26. The summed E-state index contributed by atoms with van der Waals surface area (Å²) in [5.41, 5.74) is 0. The molecule has 0 saturated heterocycles. The van der Waals surface area contributed by atoms with Crippen molar-refractivity contribution in [3.8, 4) is 0 Å². The van der Waals surface area contributed by atoms with Crippen LogP contribution in [-0.2, 0) is 9.22 Å². The standard InChI is InChI=1S/C30H62O2Si/c1-5-9-13-16-19-23-27-33(28-24-20-17-14-10-6-2,29-25-21-18-15-11-7-3)32-30(31)26-22-12-8-4/h5-29H2,1-4H3. The van der Waals surface area contributed by atoms with Gasteiger partial charge in [-0.1, -0.05) is 156 Å². The molecular formula is C30H62O2Si. The lowest BCUT2D eigenvalue weighted by Crippen LogP contribution is -2.40. The average molecular weight is 483 g/mol. The minimum atomic E-state index is -1.97. The van der Waals surface area contributed by atoms with E-state index in [1.54, 1.807) is 0 Å². The molecule has 0 amide bonds. The fourth-order valence-corrected chi connectivity index (χ4v) is 9.35. The van der Waals surface area contributed by atoms with Crippen molar-refractivity contribution in [1.82, 2.24) is 0 Å². The fraction of sp³-hybridized carbons (Fsp3) is 0.967. The second-order valence-corrected chi connectivity index (χ2v) is 14.7. The number of hydrogen-bond donors (Lipinski definition) is 0. The molecule has 0 rings (SSSR count). The van der Waals surface area contributed by atoms with Crippen molar-refractivity contribution in [2.24, 2.45) is 0 Å². The molecule has 2 nitrogen and oxygen atoms in total. The average Bonchev–Trinajstić information content (AvgIpc) is 2.81. The molecule has 33 heavy (non-hydrogen) atoms. The summed E-state index contributed by atoms with van der Waals surface area (Å²) < 4.78 is 6.57. The summed E-state index contributed by atoms with van der Waals surface area (Å²) in [5.74, 6) is 0.137. The quantitative estimate of drug-likeness (QED) is 0.0904. The number of unbranched alkanes of at least 4 members (excludes halogenated alkanes) is 17. The van der Waals surface area contributed by atoms with Crippen LogP contribution < -0.4 is 0 Å². The zero-order valence-corrected chi connectivity index (χ0v) is 24.5. The van der Waals surface area contributed by atoms with Crippen molar-refractivity contribution in [3.05, 3.63) is 0 Å². The molecular weight excluding hydrogens is 420 g/mol. The summed E-state index contributed by atoms with van der Waals surface area (Å²) in [7, 11) is -1.97. The minimum Gasteiger partial charge on any atom is -0.519 e. The molecule has 198 valence electrons. The highest BCUT2D eigenvalue weighted by atomic mass is 28.4. The largest absolute Gasteiger partial charge is 0.519 e. The molecule has 3 heteroatoms. The molecule has 0 unspecified atom stereocenters. The Labute approximate surface area is 210 Å². The first-order valence-corrected chi connectivity index (χ1v) is 17.9. The molecule has 0 aliphatic carbocycles. The van der Waals surface area contributed by atoms with E-state index in [1.165, 1.54) is 140 Å². The van der Waals surface area contributed by atoms with Gasteiger partial charge in [0.25, 0.3) is 14.3 Å². The predicted octanol–water partition coefficient (Wildman–Crippen LogP) is 11.1. The molecule has 0 fully saturated rings. The van der Waals surface area contributed by atoms with Crippen LogP contribution in [0.4, 0.5) is 0 Å². The molecule has 0 spiro atoms. The zero-order valence-electron chi connectivity index (χ0n) is 23.5. The molecule has 0 aliphatic rings. The van der Waals surface area contributed by atoms with E-state index in [-0.39, 0.29) is 5.97 Å². The van der Waals surface area contributed by atoms with Crippen LogP contribution in [0.2, 0.25) is 18.1 Å². The highest BCUT2D eigenvalue weighted by Gasteiger charge is 2.36. The van der Waals surface area contributed by atoms with E-state index in [0.29, 0.717) is 6.42 Å². The van der Waals surface area contributed by atoms with E-state index in [1.807, 2.05) is 0 Å². The summed E-state index contributed by atoms with van der Waals surface area (Å²) >= 11 is 0. The van der Waals surface area contributed by atoms with Crippen LogP contribution in [0, 0.1) is 0 Å². The maximum absolute atomic E-state index is 12.9. The van der Waals surface area contributed by atoms with Crippen molar-refractivity contribution >= 4 is 14.3 Å². The van der Waals surface area contributed by atoms with E-state index in [4.69, 9.17) is 4.43 Å². The normalized spacial score (nSPS) is 11.8. The molecule has 0 aromatic rings. The molecule has 0 aliphatic heterocycles. The smallest absolute Gasteiger partial charge is 0.292 e. The Kier molecular flexibility index (Phi) is 24.6. The molecule has 0 N–H and O–H groups in total. The molecule has 0 atom stereocenters. The molecule has 0 aromatic carbocycles. The third kappa shape index (κ3) is 20.7. The van der Waals surface area contributed by atoms with Crippen molar-refractivity contribution in [1.29, 1.82) is 0 Å². The Morgan fingerprint density at radius 1 is 0.455 bits per heavy atom. The van der Waals surface area contributed by atoms with Gasteiger partial charge in [-0.15, -0.1) is 0 Å². The molecule has 0 aromatic heterocycles. The highest BCUT2D eigenvalue weighted by molar-refractivity contribution is 6.75. The first-order valence-electron chi connectivity index (χ1n) is 15.4. The topological polar surface area (TPSA) is 26.3 Å². The van der Waals surface area contributed by atoms with Gasteiger partial charge in [-0.25, -0.2) is 0 Å². The first kappa shape index (κ1) is 32.7. The molecule has 0 heterocycles. The Balaban J connectivity index is 4.93. The van der Waals surface area contributed by atoms with E-state index in [2.05, 4.69) is 27.7 Å². The van der Waals surface area contributed by atoms with Crippen molar-refractivity contribution in [2.75, 3.05) is 0 Å². The van der Waals surface area contributed by atoms with Crippen LogP contribution in [0.1, 0.15) is 169 Å². The van der Waals surface area contributed by atoms with E-state index < -0.39 is 8.32 Å². The third-order valence-electron chi connectivity index (χ3n) is 7.27. The summed E-state index contributed by atoms with van der Waals surface area (Å²) in [6.45, 7) is 9.07. The monoisotopic (exact) mass is 482 g/mol. The number of carbonyl (C=O) groups is 1. The maximum Gasteiger partial charge on any atom is 0.292 e. The summed E-state index contributed by atoms with van der Waals surface area (Å²) in [6.07, 6.45) is 28.0. The Bertz CT molecular complexity index is 369. The van der Waals surface area contributed by atoms with Gasteiger partial charge in [0.05, 0.1) is 0 Å². The number of hydrogen-bond acceptors (Lipinski definition) is 2. The van der Waals surface area contributed by atoms with Gasteiger partial charge in [0.2, 0.25) is 0 Å². The van der Waals surface area contributed by atoms with Gasteiger partial charge in [-0.2, -0.15) is 0 Å². The molecule has 0 bridgehead atoms. The third-order valence-corrected chi connectivity index (χ3v) is 11.7. The second kappa shape index (κ2) is 24.8. The molecule has 0 radical (unpaired) electrons. The SMILES string of the molecule is CCCCCCCC[Si](CCCCCCCC)(CCCCCCCC)OC(=O)CCCCC. The molecule has 0 saturated carbocycles. The van der Waals surface area contributed by atoms with Crippen LogP contribution in [0.15, 0.2) is 0 Å². The van der Waals surface area contributed by atoms with Gasteiger partial charge in [-0.3, -0.25) is 4.79 Å². The second-order valence-electron chi connectivity index (χ2n) is 10.7. The lowest BCUT2D eigenvalue weighted by molar-refractivity contribution is -0.135. The van der Waals surface area contributed by atoms with Crippen molar-refractivity contribution < 1.29 is 9.22 Å². The van der Waals surface area contributed by atoms with E-state index in [0.717, 1.165) is 12.8 Å². The summed E-state index contributed by atoms with van der Waals surface area (Å²) in [4.78, 5) is 12.9. The van der Waals surface area contributed by atoms with Gasteiger partial charge < -0.3 is 4.43 Å². The van der Waals surface area contributed by atoms with Gasteiger partial charge in [-0.05, 0) is 24.6 Å². The lowest BCUT2D eigenvalue weighted by Gasteiger charge is -2.32. The van der Waals surface area contributed by atoms with Crippen LogP contribution in [0.5, 0.6) is 0 Å². The maximum atomic E-state index is 12.9. The van der Waals surface area contributed by atoms with Gasteiger partial charge in [0.1, 0.15) is 0 Å². The van der Waals surface area contributed by atoms with Crippen LogP contribution in [-0.4, -0.2) is 14.3 Å². The van der Waals surface area contributed by atoms with E-state index in [9.17, 15) is 4.79 Å². The Hall–Kier alpha value is -0.313. The first-order chi connectivity index (χ1) is 16.1. The van der Waals surface area contributed by atoms with Crippen molar-refractivity contribution in [3.63, 3.8) is 0 Å². The Morgan fingerprint density at radius 2 is 0.758 bits per heavy atom.